The maximum Gasteiger partial charge on any atom is 0.0410 e. The summed E-state index contributed by atoms with van der Waals surface area (Å²) in [4.78, 5) is 5.33. The van der Waals surface area contributed by atoms with Crippen LogP contribution in [0.2, 0.25) is 5.02 Å². The largest absolute Gasteiger partial charge is 0.314 e. The average Bonchev–Trinajstić information content (AvgIpc) is 2.72. The number of benzene rings is 2. The van der Waals surface area contributed by atoms with Crippen LogP contribution < -0.4 is 5.32 Å². The molecule has 2 aliphatic heterocycles. The van der Waals surface area contributed by atoms with E-state index in [2.05, 4.69) is 46.6 Å². The number of piperazine rings is 1. The average molecular weight is 331 g/mol. The first kappa shape index (κ1) is 14.6. The summed E-state index contributed by atoms with van der Waals surface area (Å²) in [5.41, 5.74) is 2.83. The smallest absolute Gasteiger partial charge is 0.0410 e. The van der Waals surface area contributed by atoms with Crippen LogP contribution in [0.25, 0.3) is 0 Å². The van der Waals surface area contributed by atoms with Gasteiger partial charge in [0.2, 0.25) is 0 Å². The van der Waals surface area contributed by atoms with Crippen LogP contribution in [0.3, 0.4) is 0 Å². The molecule has 1 saturated heterocycles. The van der Waals surface area contributed by atoms with Gasteiger partial charge in [0.1, 0.15) is 0 Å². The molecule has 0 saturated carbocycles. The lowest BCUT2D eigenvalue weighted by molar-refractivity contribution is 0.170. The van der Waals surface area contributed by atoms with Gasteiger partial charge in [-0.1, -0.05) is 41.6 Å². The monoisotopic (exact) mass is 330 g/mol. The standard InChI is InChI=1S/C18H19ClN2S/c19-14-5-6-18-15(12-14)16(21-9-7-20-8-10-21)11-13-3-1-2-4-17(13)22-18/h1-6,12,16,20H,7-11H2/t16-/m1/s1. The molecule has 2 aromatic rings. The first-order valence-electron chi connectivity index (χ1n) is 7.81. The van der Waals surface area contributed by atoms with Gasteiger partial charge in [-0.15, -0.1) is 0 Å². The summed E-state index contributed by atoms with van der Waals surface area (Å²) in [6.45, 7) is 4.34. The fourth-order valence-corrected chi connectivity index (χ4v) is 4.70. The van der Waals surface area contributed by atoms with Crippen molar-refractivity contribution >= 4 is 23.4 Å². The molecule has 0 unspecified atom stereocenters. The second kappa shape index (κ2) is 6.25. The summed E-state index contributed by atoms with van der Waals surface area (Å²) in [6.07, 6.45) is 1.07. The van der Waals surface area contributed by atoms with E-state index in [1.165, 1.54) is 20.9 Å². The van der Waals surface area contributed by atoms with E-state index in [0.29, 0.717) is 6.04 Å². The Morgan fingerprint density at radius 2 is 1.86 bits per heavy atom. The van der Waals surface area contributed by atoms with Gasteiger partial charge in [0.15, 0.2) is 0 Å². The van der Waals surface area contributed by atoms with Gasteiger partial charge in [-0.25, -0.2) is 0 Å². The summed E-state index contributed by atoms with van der Waals surface area (Å²) in [5, 5.41) is 4.29. The van der Waals surface area contributed by atoms with Crippen LogP contribution in [0.5, 0.6) is 0 Å². The summed E-state index contributed by atoms with van der Waals surface area (Å²) < 4.78 is 0. The maximum atomic E-state index is 6.31. The fraction of sp³-hybridized carbons (Fsp3) is 0.333. The van der Waals surface area contributed by atoms with Gasteiger partial charge in [0.05, 0.1) is 0 Å². The molecule has 4 heteroatoms. The molecule has 4 rings (SSSR count). The Morgan fingerprint density at radius 3 is 2.73 bits per heavy atom. The molecule has 0 spiro atoms. The van der Waals surface area contributed by atoms with Crippen LogP contribution in [0, 0.1) is 0 Å². The third-order valence-corrected chi connectivity index (χ3v) is 5.97. The molecule has 1 atom stereocenters. The molecule has 0 aliphatic carbocycles. The summed E-state index contributed by atoms with van der Waals surface area (Å²) in [6, 6.07) is 15.6. The third kappa shape index (κ3) is 2.79. The van der Waals surface area contributed by atoms with Crippen molar-refractivity contribution in [2.24, 2.45) is 0 Å². The van der Waals surface area contributed by atoms with Gasteiger partial charge in [-0.05, 0) is 41.8 Å². The molecular weight excluding hydrogens is 312 g/mol. The number of hydrogen-bond donors (Lipinski definition) is 1. The van der Waals surface area contributed by atoms with Gasteiger partial charge in [0, 0.05) is 47.0 Å². The number of fused-ring (bicyclic) bond motifs is 2. The normalized spacial score (nSPS) is 21.8. The molecule has 2 nitrogen and oxygen atoms in total. The quantitative estimate of drug-likeness (QED) is 0.851. The number of halogens is 1. The van der Waals surface area contributed by atoms with Crippen molar-refractivity contribution in [1.82, 2.24) is 10.2 Å². The van der Waals surface area contributed by atoms with Crippen LogP contribution in [0.1, 0.15) is 17.2 Å². The van der Waals surface area contributed by atoms with E-state index in [9.17, 15) is 0 Å². The van der Waals surface area contributed by atoms with Crippen LogP contribution in [0.4, 0.5) is 0 Å². The summed E-state index contributed by atoms with van der Waals surface area (Å²) >= 11 is 8.18. The van der Waals surface area contributed by atoms with Crippen molar-refractivity contribution in [2.45, 2.75) is 22.3 Å². The van der Waals surface area contributed by atoms with Crippen LogP contribution >= 0.6 is 23.4 Å². The number of nitrogens with zero attached hydrogens (tertiary/aromatic N) is 1. The van der Waals surface area contributed by atoms with Crippen molar-refractivity contribution in [3.63, 3.8) is 0 Å². The molecular formula is C18H19ClN2S. The van der Waals surface area contributed by atoms with Gasteiger partial charge in [0.25, 0.3) is 0 Å². The fourth-order valence-electron chi connectivity index (χ4n) is 3.40. The lowest BCUT2D eigenvalue weighted by atomic mass is 9.97. The summed E-state index contributed by atoms with van der Waals surface area (Å²) in [5.74, 6) is 0. The topological polar surface area (TPSA) is 15.3 Å². The van der Waals surface area contributed by atoms with Crippen molar-refractivity contribution < 1.29 is 0 Å². The Hall–Kier alpha value is -1.00. The Bertz CT molecular complexity index is 683. The van der Waals surface area contributed by atoms with E-state index < -0.39 is 0 Å². The zero-order valence-electron chi connectivity index (χ0n) is 12.4. The first-order valence-corrected chi connectivity index (χ1v) is 9.01. The second-order valence-corrected chi connectivity index (χ2v) is 7.42. The number of hydrogen-bond acceptors (Lipinski definition) is 3. The zero-order chi connectivity index (χ0) is 14.9. The van der Waals surface area contributed by atoms with Crippen molar-refractivity contribution in [1.29, 1.82) is 0 Å². The molecule has 2 heterocycles. The molecule has 1 fully saturated rings. The van der Waals surface area contributed by atoms with E-state index in [0.717, 1.165) is 37.6 Å². The van der Waals surface area contributed by atoms with E-state index in [1.807, 2.05) is 17.8 Å². The zero-order valence-corrected chi connectivity index (χ0v) is 14.0. The lowest BCUT2D eigenvalue weighted by Crippen LogP contribution is -2.45. The molecule has 1 N–H and O–H groups in total. The third-order valence-electron chi connectivity index (χ3n) is 4.53. The highest BCUT2D eigenvalue weighted by Gasteiger charge is 2.28. The molecule has 2 aromatic carbocycles. The van der Waals surface area contributed by atoms with Crippen LogP contribution in [0.15, 0.2) is 52.3 Å². The Labute approximate surface area is 140 Å². The van der Waals surface area contributed by atoms with Gasteiger partial charge >= 0.3 is 0 Å². The molecule has 0 bridgehead atoms. The molecule has 2 aliphatic rings. The molecule has 22 heavy (non-hydrogen) atoms. The van der Waals surface area contributed by atoms with E-state index in [1.54, 1.807) is 0 Å². The second-order valence-electron chi connectivity index (χ2n) is 5.90. The predicted octanol–water partition coefficient (Wildman–Crippen LogP) is 3.99. The van der Waals surface area contributed by atoms with E-state index >= 15 is 0 Å². The summed E-state index contributed by atoms with van der Waals surface area (Å²) in [7, 11) is 0. The maximum absolute atomic E-state index is 6.31. The minimum absolute atomic E-state index is 0.423. The molecule has 0 amide bonds. The lowest BCUT2D eigenvalue weighted by Gasteiger charge is -2.35. The van der Waals surface area contributed by atoms with E-state index in [-0.39, 0.29) is 0 Å². The Balaban J connectivity index is 1.80. The minimum Gasteiger partial charge on any atom is -0.314 e. The van der Waals surface area contributed by atoms with Gasteiger partial charge in [-0.3, -0.25) is 4.90 Å². The SMILES string of the molecule is Clc1ccc2c(c1)[C@H](N1CCNCC1)Cc1ccccc1S2. The minimum atomic E-state index is 0.423. The van der Waals surface area contributed by atoms with Crippen molar-refractivity contribution in [2.75, 3.05) is 26.2 Å². The molecule has 0 radical (unpaired) electrons. The van der Waals surface area contributed by atoms with Crippen LogP contribution in [-0.2, 0) is 6.42 Å². The highest BCUT2D eigenvalue weighted by Crippen LogP contribution is 2.43. The molecule has 114 valence electrons. The Kier molecular flexibility index (Phi) is 4.14. The van der Waals surface area contributed by atoms with Crippen LogP contribution in [-0.4, -0.2) is 31.1 Å². The highest BCUT2D eigenvalue weighted by molar-refractivity contribution is 7.99. The van der Waals surface area contributed by atoms with Gasteiger partial charge < -0.3 is 5.32 Å². The number of rotatable bonds is 1. The highest BCUT2D eigenvalue weighted by atomic mass is 35.5. The first-order chi connectivity index (χ1) is 10.8. The Morgan fingerprint density at radius 1 is 1.05 bits per heavy atom. The van der Waals surface area contributed by atoms with Gasteiger partial charge in [-0.2, -0.15) is 0 Å². The number of nitrogens with one attached hydrogen (secondary N) is 1. The van der Waals surface area contributed by atoms with E-state index in [4.69, 9.17) is 11.6 Å². The van der Waals surface area contributed by atoms with Crippen molar-refractivity contribution in [3.05, 3.63) is 58.6 Å². The molecule has 0 aromatic heterocycles. The predicted molar refractivity (Wildman–Crippen MR) is 92.9 cm³/mol. The van der Waals surface area contributed by atoms with Crippen molar-refractivity contribution in [3.8, 4) is 0 Å².